The number of hydrogen-bond donors (Lipinski definition) is 2. The molecular weight excluding hydrogens is 242 g/mol. The van der Waals surface area contributed by atoms with Gasteiger partial charge in [0.05, 0.1) is 5.25 Å². The van der Waals surface area contributed by atoms with Crippen LogP contribution in [0.1, 0.15) is 32.6 Å². The molecule has 1 aliphatic heterocycles. The number of urea groups is 1. The van der Waals surface area contributed by atoms with E-state index in [0.717, 1.165) is 19.3 Å². The molecule has 3 N–H and O–H groups in total. The molecular formula is C10H21N3O3S. The van der Waals surface area contributed by atoms with Crippen molar-refractivity contribution in [2.75, 3.05) is 19.6 Å². The number of nitrogens with one attached hydrogen (secondary N) is 1. The van der Waals surface area contributed by atoms with Crippen molar-refractivity contribution in [1.82, 2.24) is 10.2 Å². The second-order valence-corrected chi connectivity index (χ2v) is 6.23. The Kier molecular flexibility index (Phi) is 5.20. The first-order valence-electron chi connectivity index (χ1n) is 5.99. The van der Waals surface area contributed by atoms with E-state index in [1.165, 1.54) is 4.90 Å². The van der Waals surface area contributed by atoms with Gasteiger partial charge in [0, 0.05) is 19.6 Å². The number of hydrogen-bond acceptors (Lipinski definition) is 3. The third-order valence-electron chi connectivity index (χ3n) is 2.95. The summed E-state index contributed by atoms with van der Waals surface area (Å²) in [4.78, 5) is 13.2. The maximum atomic E-state index is 11.7. The Bertz CT molecular complexity index is 356. The molecule has 0 saturated carbocycles. The van der Waals surface area contributed by atoms with Gasteiger partial charge in [0.15, 0.2) is 0 Å². The lowest BCUT2D eigenvalue weighted by Gasteiger charge is -2.16. The molecule has 100 valence electrons. The highest BCUT2D eigenvalue weighted by atomic mass is 32.2. The molecule has 0 aromatic rings. The van der Waals surface area contributed by atoms with E-state index in [1.807, 2.05) is 0 Å². The zero-order valence-corrected chi connectivity index (χ0v) is 11.0. The van der Waals surface area contributed by atoms with Crippen LogP contribution in [-0.2, 0) is 10.0 Å². The molecule has 6 nitrogen and oxygen atoms in total. The number of unbranched alkanes of at least 4 members (excludes halogenated alkanes) is 2. The highest BCUT2D eigenvalue weighted by Crippen LogP contribution is 2.14. The maximum Gasteiger partial charge on any atom is 0.317 e. The zero-order valence-electron chi connectivity index (χ0n) is 10.2. The van der Waals surface area contributed by atoms with Crippen LogP contribution in [0.3, 0.4) is 0 Å². The van der Waals surface area contributed by atoms with E-state index in [1.54, 1.807) is 0 Å². The Morgan fingerprint density at radius 3 is 2.71 bits per heavy atom. The number of amides is 2. The molecule has 0 aromatic heterocycles. The molecule has 2 amide bonds. The number of likely N-dealkylation sites (tertiary alicyclic amines) is 1. The Morgan fingerprint density at radius 1 is 1.47 bits per heavy atom. The summed E-state index contributed by atoms with van der Waals surface area (Å²) in [5.74, 6) is 0. The zero-order chi connectivity index (χ0) is 12.9. The first kappa shape index (κ1) is 14.2. The normalized spacial score (nSPS) is 20.6. The fourth-order valence-electron chi connectivity index (χ4n) is 1.86. The van der Waals surface area contributed by atoms with Crippen LogP contribution in [0, 0.1) is 0 Å². The van der Waals surface area contributed by atoms with E-state index in [2.05, 4.69) is 12.2 Å². The van der Waals surface area contributed by atoms with Crippen LogP contribution in [0.2, 0.25) is 0 Å². The molecule has 1 atom stereocenters. The summed E-state index contributed by atoms with van der Waals surface area (Å²) >= 11 is 0. The van der Waals surface area contributed by atoms with E-state index >= 15 is 0 Å². The smallest absolute Gasteiger partial charge is 0.317 e. The minimum absolute atomic E-state index is 0.188. The molecule has 1 aliphatic rings. The molecule has 1 fully saturated rings. The van der Waals surface area contributed by atoms with Gasteiger partial charge in [0.1, 0.15) is 0 Å². The number of primary sulfonamides is 1. The standard InChI is InChI=1S/C10H21N3O3S/c1-2-3-4-6-12-10(14)13-7-5-9(8-13)17(11,15)16/h9H,2-8H2,1H3,(H,12,14)(H2,11,15,16)/t9-/m1/s1. The van der Waals surface area contributed by atoms with Crippen molar-refractivity contribution in [1.29, 1.82) is 0 Å². The molecule has 0 unspecified atom stereocenters. The number of sulfonamides is 1. The van der Waals surface area contributed by atoms with Crippen molar-refractivity contribution < 1.29 is 13.2 Å². The second kappa shape index (κ2) is 6.20. The van der Waals surface area contributed by atoms with Crippen LogP contribution >= 0.6 is 0 Å². The minimum Gasteiger partial charge on any atom is -0.338 e. The fraction of sp³-hybridized carbons (Fsp3) is 0.900. The summed E-state index contributed by atoms with van der Waals surface area (Å²) in [7, 11) is -3.52. The average Bonchev–Trinajstić information content (AvgIpc) is 2.72. The van der Waals surface area contributed by atoms with E-state index in [9.17, 15) is 13.2 Å². The van der Waals surface area contributed by atoms with Crippen molar-refractivity contribution in [2.24, 2.45) is 5.14 Å². The Morgan fingerprint density at radius 2 is 2.18 bits per heavy atom. The highest BCUT2D eigenvalue weighted by molar-refractivity contribution is 7.89. The van der Waals surface area contributed by atoms with Gasteiger partial charge in [-0.1, -0.05) is 19.8 Å². The summed E-state index contributed by atoms with van der Waals surface area (Å²) in [5.41, 5.74) is 0. The molecule has 0 aromatic carbocycles. The molecule has 1 heterocycles. The topological polar surface area (TPSA) is 92.5 Å². The lowest BCUT2D eigenvalue weighted by atomic mass is 10.2. The lowest BCUT2D eigenvalue weighted by Crippen LogP contribution is -2.40. The summed E-state index contributed by atoms with van der Waals surface area (Å²) in [6.45, 7) is 3.40. The SMILES string of the molecule is CCCCCNC(=O)N1CC[C@@H](S(N)(=O)=O)C1. The van der Waals surface area contributed by atoms with Gasteiger partial charge in [-0.05, 0) is 12.8 Å². The van der Waals surface area contributed by atoms with Crippen molar-refractivity contribution in [2.45, 2.75) is 37.9 Å². The van der Waals surface area contributed by atoms with Crippen molar-refractivity contribution in [3.63, 3.8) is 0 Å². The predicted octanol–water partition coefficient (Wildman–Crippen LogP) is 0.249. The molecule has 0 radical (unpaired) electrons. The predicted molar refractivity (Wildman–Crippen MR) is 66.0 cm³/mol. The summed E-state index contributed by atoms with van der Waals surface area (Å²) < 4.78 is 22.2. The lowest BCUT2D eigenvalue weighted by molar-refractivity contribution is 0.208. The number of carbonyl (C=O) groups is 1. The second-order valence-electron chi connectivity index (χ2n) is 4.38. The van der Waals surface area contributed by atoms with Crippen molar-refractivity contribution in [3.05, 3.63) is 0 Å². The first-order valence-corrected chi connectivity index (χ1v) is 7.60. The van der Waals surface area contributed by atoms with Gasteiger partial charge in [-0.2, -0.15) is 0 Å². The van der Waals surface area contributed by atoms with Crippen LogP contribution in [0.15, 0.2) is 0 Å². The van der Waals surface area contributed by atoms with Gasteiger partial charge in [-0.25, -0.2) is 18.4 Å². The van der Waals surface area contributed by atoms with Gasteiger partial charge in [0.25, 0.3) is 0 Å². The van der Waals surface area contributed by atoms with E-state index in [4.69, 9.17) is 5.14 Å². The Labute approximate surface area is 103 Å². The molecule has 17 heavy (non-hydrogen) atoms. The van der Waals surface area contributed by atoms with Gasteiger partial charge in [-0.15, -0.1) is 0 Å². The summed E-state index contributed by atoms with van der Waals surface area (Å²) in [6.07, 6.45) is 3.57. The Balaban J connectivity index is 2.31. The van der Waals surface area contributed by atoms with Gasteiger partial charge < -0.3 is 10.2 Å². The minimum atomic E-state index is -3.52. The summed E-state index contributed by atoms with van der Waals surface area (Å²) in [6, 6.07) is -0.188. The molecule has 0 aliphatic carbocycles. The number of nitrogens with two attached hydrogens (primary N) is 1. The van der Waals surface area contributed by atoms with Gasteiger partial charge in [-0.3, -0.25) is 0 Å². The summed E-state index contributed by atoms with van der Waals surface area (Å²) in [5, 5.41) is 7.23. The first-order chi connectivity index (χ1) is 7.95. The quantitative estimate of drug-likeness (QED) is 0.696. The van der Waals surface area contributed by atoms with Gasteiger partial charge in [0.2, 0.25) is 10.0 Å². The largest absolute Gasteiger partial charge is 0.338 e. The number of carbonyl (C=O) groups excluding carboxylic acids is 1. The molecule has 7 heteroatoms. The van der Waals surface area contributed by atoms with E-state index in [-0.39, 0.29) is 12.6 Å². The Hall–Kier alpha value is -0.820. The molecule has 0 bridgehead atoms. The third-order valence-corrected chi connectivity index (χ3v) is 4.27. The number of nitrogens with zero attached hydrogens (tertiary/aromatic N) is 1. The fourth-order valence-corrected chi connectivity index (χ4v) is 2.68. The maximum absolute atomic E-state index is 11.7. The molecule has 1 rings (SSSR count). The molecule has 0 spiro atoms. The number of rotatable bonds is 5. The van der Waals surface area contributed by atoms with Crippen molar-refractivity contribution in [3.8, 4) is 0 Å². The van der Waals surface area contributed by atoms with E-state index in [0.29, 0.717) is 19.5 Å². The van der Waals surface area contributed by atoms with Crippen LogP contribution in [0.4, 0.5) is 4.79 Å². The van der Waals surface area contributed by atoms with Crippen molar-refractivity contribution >= 4 is 16.1 Å². The van der Waals surface area contributed by atoms with Gasteiger partial charge >= 0.3 is 6.03 Å². The van der Waals surface area contributed by atoms with Crippen LogP contribution in [-0.4, -0.2) is 44.2 Å². The highest BCUT2D eigenvalue weighted by Gasteiger charge is 2.32. The third kappa shape index (κ3) is 4.51. The van der Waals surface area contributed by atoms with E-state index < -0.39 is 15.3 Å². The monoisotopic (exact) mass is 263 g/mol. The molecule has 1 saturated heterocycles. The van der Waals surface area contributed by atoms with Crippen LogP contribution in [0.25, 0.3) is 0 Å². The van der Waals surface area contributed by atoms with Crippen LogP contribution < -0.4 is 10.5 Å². The van der Waals surface area contributed by atoms with Crippen LogP contribution in [0.5, 0.6) is 0 Å². The average molecular weight is 263 g/mol.